The number of aryl methyl sites for hydroxylation is 2. The van der Waals surface area contributed by atoms with Crippen LogP contribution in [-0.4, -0.2) is 23.9 Å². The summed E-state index contributed by atoms with van der Waals surface area (Å²) in [5, 5.41) is 13.3. The number of phenolic OH excluding ortho intramolecular Hbond substituents is 1. The van der Waals surface area contributed by atoms with E-state index in [1.807, 2.05) is 26.0 Å². The molecule has 94 valence electrons. The zero-order chi connectivity index (χ0) is 12.5. The first-order valence-electron chi connectivity index (χ1n) is 6.12. The lowest BCUT2D eigenvalue weighted by Gasteiger charge is -2.24. The van der Waals surface area contributed by atoms with Crippen LogP contribution in [0.4, 0.5) is 0 Å². The fourth-order valence-corrected chi connectivity index (χ4v) is 2.27. The van der Waals surface area contributed by atoms with Gasteiger partial charge in [-0.15, -0.1) is 0 Å². The van der Waals surface area contributed by atoms with Crippen molar-refractivity contribution in [2.24, 2.45) is 0 Å². The molecule has 3 nitrogen and oxygen atoms in total. The summed E-state index contributed by atoms with van der Waals surface area (Å²) in [6.45, 7) is 8.51. The molecule has 0 bridgehead atoms. The number of hydrogen-bond acceptors (Lipinski definition) is 3. The predicted molar refractivity (Wildman–Crippen MR) is 68.3 cm³/mol. The largest absolute Gasteiger partial charge is 0.507 e. The van der Waals surface area contributed by atoms with Crippen molar-refractivity contribution in [3.05, 3.63) is 28.8 Å². The SMILES string of the molecule is Cc1cc(CNC2(C)CCOC2)cc(C)c1O. The number of ether oxygens (including phenoxy) is 1. The summed E-state index contributed by atoms with van der Waals surface area (Å²) in [7, 11) is 0. The summed E-state index contributed by atoms with van der Waals surface area (Å²) in [4.78, 5) is 0. The Bertz CT molecular complexity index is 386. The van der Waals surface area contributed by atoms with Gasteiger partial charge in [0.25, 0.3) is 0 Å². The van der Waals surface area contributed by atoms with Crippen molar-refractivity contribution in [2.45, 2.75) is 39.3 Å². The fourth-order valence-electron chi connectivity index (χ4n) is 2.27. The molecule has 1 atom stereocenters. The highest BCUT2D eigenvalue weighted by molar-refractivity contribution is 5.42. The topological polar surface area (TPSA) is 41.5 Å². The van der Waals surface area contributed by atoms with Crippen LogP contribution in [0.5, 0.6) is 5.75 Å². The van der Waals surface area contributed by atoms with Crippen molar-refractivity contribution >= 4 is 0 Å². The highest BCUT2D eigenvalue weighted by Crippen LogP contribution is 2.24. The molecule has 1 unspecified atom stereocenters. The molecule has 1 aromatic carbocycles. The van der Waals surface area contributed by atoms with E-state index in [4.69, 9.17) is 4.74 Å². The van der Waals surface area contributed by atoms with E-state index in [1.54, 1.807) is 0 Å². The second-order valence-corrected chi connectivity index (χ2v) is 5.30. The standard InChI is InChI=1S/C14H21NO2/c1-10-6-12(7-11(2)13(10)16)8-15-14(3)4-5-17-9-14/h6-7,15-16H,4-5,8-9H2,1-3H3. The van der Waals surface area contributed by atoms with Crippen LogP contribution in [0.2, 0.25) is 0 Å². The zero-order valence-corrected chi connectivity index (χ0v) is 10.8. The van der Waals surface area contributed by atoms with Crippen LogP contribution < -0.4 is 5.32 Å². The molecule has 0 saturated carbocycles. The van der Waals surface area contributed by atoms with Gasteiger partial charge in [-0.05, 0) is 43.9 Å². The Hall–Kier alpha value is -1.06. The summed E-state index contributed by atoms with van der Waals surface area (Å²) in [5.74, 6) is 0.407. The maximum absolute atomic E-state index is 9.72. The summed E-state index contributed by atoms with van der Waals surface area (Å²) in [6.07, 6.45) is 1.06. The highest BCUT2D eigenvalue weighted by Gasteiger charge is 2.28. The molecule has 2 rings (SSSR count). The van der Waals surface area contributed by atoms with E-state index in [2.05, 4.69) is 12.2 Å². The maximum Gasteiger partial charge on any atom is 0.121 e. The molecule has 1 aromatic rings. The molecule has 1 saturated heterocycles. The lowest BCUT2D eigenvalue weighted by atomic mass is 10.0. The quantitative estimate of drug-likeness (QED) is 0.844. The minimum absolute atomic E-state index is 0.0969. The molecule has 1 aliphatic heterocycles. The van der Waals surface area contributed by atoms with Crippen LogP contribution in [0.15, 0.2) is 12.1 Å². The third-order valence-electron chi connectivity index (χ3n) is 3.49. The molecule has 0 spiro atoms. The molecule has 17 heavy (non-hydrogen) atoms. The number of benzene rings is 1. The van der Waals surface area contributed by atoms with Crippen molar-refractivity contribution in [1.82, 2.24) is 5.32 Å². The third-order valence-corrected chi connectivity index (χ3v) is 3.49. The average Bonchev–Trinajstić information content (AvgIpc) is 2.71. The fraction of sp³-hybridized carbons (Fsp3) is 0.571. The van der Waals surface area contributed by atoms with E-state index >= 15 is 0 Å². The minimum Gasteiger partial charge on any atom is -0.507 e. The lowest BCUT2D eigenvalue weighted by molar-refractivity contribution is 0.171. The molecular formula is C14H21NO2. The number of nitrogens with one attached hydrogen (secondary N) is 1. The van der Waals surface area contributed by atoms with E-state index < -0.39 is 0 Å². The van der Waals surface area contributed by atoms with Crippen molar-refractivity contribution < 1.29 is 9.84 Å². The Morgan fingerprint density at radius 3 is 2.53 bits per heavy atom. The molecule has 1 aliphatic rings. The van der Waals surface area contributed by atoms with Gasteiger partial charge in [0.1, 0.15) is 5.75 Å². The molecule has 0 amide bonds. The van der Waals surface area contributed by atoms with Crippen molar-refractivity contribution in [3.8, 4) is 5.75 Å². The third kappa shape index (κ3) is 2.79. The Morgan fingerprint density at radius 1 is 1.35 bits per heavy atom. The van der Waals surface area contributed by atoms with Gasteiger partial charge in [-0.2, -0.15) is 0 Å². The van der Waals surface area contributed by atoms with Crippen molar-refractivity contribution in [3.63, 3.8) is 0 Å². The van der Waals surface area contributed by atoms with Gasteiger partial charge in [0, 0.05) is 18.7 Å². The highest BCUT2D eigenvalue weighted by atomic mass is 16.5. The summed E-state index contributed by atoms with van der Waals surface area (Å²) < 4.78 is 5.41. The normalized spacial score (nSPS) is 24.2. The molecule has 0 aromatic heterocycles. The average molecular weight is 235 g/mol. The first-order valence-corrected chi connectivity index (χ1v) is 6.12. The maximum atomic E-state index is 9.72. The van der Waals surface area contributed by atoms with Crippen LogP contribution in [0, 0.1) is 13.8 Å². The van der Waals surface area contributed by atoms with Gasteiger partial charge < -0.3 is 15.2 Å². The Kier molecular flexibility index (Phi) is 3.40. The Balaban J connectivity index is 2.04. The second kappa shape index (κ2) is 4.67. The van der Waals surface area contributed by atoms with Gasteiger partial charge in [0.2, 0.25) is 0 Å². The predicted octanol–water partition coefficient (Wildman–Crippen LogP) is 2.28. The zero-order valence-electron chi connectivity index (χ0n) is 10.8. The van der Waals surface area contributed by atoms with Crippen LogP contribution in [-0.2, 0) is 11.3 Å². The molecule has 0 aliphatic carbocycles. The van der Waals surface area contributed by atoms with Crippen molar-refractivity contribution in [1.29, 1.82) is 0 Å². The summed E-state index contributed by atoms with van der Waals surface area (Å²) in [5.41, 5.74) is 3.19. The van der Waals surface area contributed by atoms with Crippen LogP contribution >= 0.6 is 0 Å². The number of hydrogen-bond donors (Lipinski definition) is 2. The first kappa shape index (κ1) is 12.4. The van der Waals surface area contributed by atoms with E-state index in [-0.39, 0.29) is 5.54 Å². The van der Waals surface area contributed by atoms with E-state index in [9.17, 15) is 5.11 Å². The molecular weight excluding hydrogens is 214 g/mol. The monoisotopic (exact) mass is 235 g/mol. The van der Waals surface area contributed by atoms with Gasteiger partial charge in [0.05, 0.1) is 6.61 Å². The van der Waals surface area contributed by atoms with Gasteiger partial charge in [0.15, 0.2) is 0 Å². The van der Waals surface area contributed by atoms with Gasteiger partial charge >= 0.3 is 0 Å². The Morgan fingerprint density at radius 2 is 2.00 bits per heavy atom. The smallest absolute Gasteiger partial charge is 0.121 e. The van der Waals surface area contributed by atoms with E-state index in [0.29, 0.717) is 5.75 Å². The number of rotatable bonds is 3. The van der Waals surface area contributed by atoms with Crippen molar-refractivity contribution in [2.75, 3.05) is 13.2 Å². The van der Waals surface area contributed by atoms with Crippen LogP contribution in [0.1, 0.15) is 30.0 Å². The number of phenols is 1. The van der Waals surface area contributed by atoms with E-state index in [1.165, 1.54) is 5.56 Å². The van der Waals surface area contributed by atoms with E-state index in [0.717, 1.165) is 37.3 Å². The van der Waals surface area contributed by atoms with Crippen LogP contribution in [0.3, 0.4) is 0 Å². The molecule has 1 fully saturated rings. The second-order valence-electron chi connectivity index (χ2n) is 5.30. The summed E-state index contributed by atoms with van der Waals surface area (Å²) in [6, 6.07) is 4.07. The van der Waals surface area contributed by atoms with Gasteiger partial charge in [-0.3, -0.25) is 0 Å². The lowest BCUT2D eigenvalue weighted by Crippen LogP contribution is -2.42. The number of aromatic hydroxyl groups is 1. The van der Waals surface area contributed by atoms with Crippen LogP contribution in [0.25, 0.3) is 0 Å². The molecule has 0 radical (unpaired) electrons. The van der Waals surface area contributed by atoms with Gasteiger partial charge in [-0.25, -0.2) is 0 Å². The molecule has 3 heteroatoms. The summed E-state index contributed by atoms with van der Waals surface area (Å²) >= 11 is 0. The molecule has 1 heterocycles. The Labute approximate surface area is 103 Å². The minimum atomic E-state index is 0.0969. The first-order chi connectivity index (χ1) is 8.00. The van der Waals surface area contributed by atoms with Gasteiger partial charge in [-0.1, -0.05) is 12.1 Å². The molecule has 2 N–H and O–H groups in total.